The molecule has 1 amide bonds. The number of carbonyl (C=O) groups is 1. The molecule has 4 aliphatic heterocycles. The van der Waals surface area contributed by atoms with Gasteiger partial charge in [0.25, 0.3) is 0 Å². The third-order valence-corrected chi connectivity index (χ3v) is 13.0. The Kier molecular flexibility index (Phi) is 8.25. The molecule has 278 valence electrons. The second-order valence-corrected chi connectivity index (χ2v) is 16.1. The second kappa shape index (κ2) is 12.7. The van der Waals surface area contributed by atoms with Gasteiger partial charge in [0.05, 0.1) is 39.0 Å². The fourth-order valence-corrected chi connectivity index (χ4v) is 10.2. The van der Waals surface area contributed by atoms with Crippen molar-refractivity contribution < 1.29 is 27.4 Å². The topological polar surface area (TPSA) is 128 Å². The molecular weight excluding hydrogens is 731 g/mol. The van der Waals surface area contributed by atoms with Gasteiger partial charge in [-0.25, -0.2) is 22.9 Å². The lowest BCUT2D eigenvalue weighted by Crippen LogP contribution is -2.61. The fourth-order valence-electron chi connectivity index (χ4n) is 8.92. The lowest BCUT2D eigenvalue weighted by atomic mass is 9.95. The van der Waals surface area contributed by atoms with Crippen molar-refractivity contribution in [3.05, 3.63) is 52.6 Å². The van der Waals surface area contributed by atoms with E-state index in [4.69, 9.17) is 31.8 Å². The number of nitrogens with zero attached hydrogens (tertiary/aromatic N) is 8. The van der Waals surface area contributed by atoms with Crippen LogP contribution in [-0.2, 0) is 4.74 Å². The van der Waals surface area contributed by atoms with Gasteiger partial charge in [0.15, 0.2) is 5.82 Å². The molecule has 0 bridgehead atoms. The molecule has 5 aromatic rings. The zero-order chi connectivity index (χ0) is 36.8. The summed E-state index contributed by atoms with van der Waals surface area (Å²) in [5.74, 6) is -0.344. The first-order valence-electron chi connectivity index (χ1n) is 17.7. The molecular formula is C36H37ClF3N9O3S. The number of anilines is 2. The van der Waals surface area contributed by atoms with Gasteiger partial charge in [-0.3, -0.25) is 4.90 Å². The highest BCUT2D eigenvalue weighted by atomic mass is 35.5. The van der Waals surface area contributed by atoms with Crippen molar-refractivity contribution in [1.82, 2.24) is 34.5 Å². The summed E-state index contributed by atoms with van der Waals surface area (Å²) in [6.45, 7) is 6.51. The van der Waals surface area contributed by atoms with Crippen LogP contribution in [0.5, 0.6) is 6.01 Å². The highest BCUT2D eigenvalue weighted by Gasteiger charge is 2.51. The number of morpholine rings is 1. The zero-order valence-corrected chi connectivity index (χ0v) is 30.7. The summed E-state index contributed by atoms with van der Waals surface area (Å²) >= 11 is 8.06. The number of thiophene rings is 1. The van der Waals surface area contributed by atoms with Crippen molar-refractivity contribution in [2.45, 2.75) is 56.8 Å². The highest BCUT2D eigenvalue weighted by Crippen LogP contribution is 2.47. The SMILES string of the molecule is Cc1c(N)sc2c(F)ccc(-c3c(Cl)cc4c(N5CCC6(COCCN6C(=O)n6ncnc6C)C5)nc(OC[C@@]56CCCN5C[C@H](F)C6)nc4c3F)c12. The van der Waals surface area contributed by atoms with Crippen molar-refractivity contribution >= 4 is 60.8 Å². The molecule has 0 radical (unpaired) electrons. The van der Waals surface area contributed by atoms with Gasteiger partial charge in [-0.05, 0) is 62.9 Å². The Labute approximate surface area is 311 Å². The summed E-state index contributed by atoms with van der Waals surface area (Å²) in [7, 11) is 0. The smallest absolute Gasteiger partial charge is 0.347 e. The summed E-state index contributed by atoms with van der Waals surface area (Å²) in [5.41, 5.74) is 6.01. The number of aromatic nitrogens is 5. The van der Waals surface area contributed by atoms with Crippen molar-refractivity contribution in [3.63, 3.8) is 0 Å². The van der Waals surface area contributed by atoms with E-state index in [-0.39, 0.29) is 41.4 Å². The summed E-state index contributed by atoms with van der Waals surface area (Å²) < 4.78 is 60.7. The van der Waals surface area contributed by atoms with Gasteiger partial charge in [-0.1, -0.05) is 17.7 Å². The van der Waals surface area contributed by atoms with Gasteiger partial charge >= 0.3 is 12.0 Å². The number of hydrogen-bond acceptors (Lipinski definition) is 11. The molecule has 2 N–H and O–H groups in total. The molecule has 17 heteroatoms. The third-order valence-electron chi connectivity index (χ3n) is 11.6. The average molecular weight is 768 g/mol. The Morgan fingerprint density at radius 2 is 2.04 bits per heavy atom. The van der Waals surface area contributed by atoms with Crippen molar-refractivity contribution in [1.29, 1.82) is 0 Å². The summed E-state index contributed by atoms with van der Waals surface area (Å²) in [6, 6.07) is 4.04. The van der Waals surface area contributed by atoms with Crippen LogP contribution in [0.4, 0.5) is 28.8 Å². The minimum atomic E-state index is -0.957. The molecule has 7 heterocycles. The summed E-state index contributed by atoms with van der Waals surface area (Å²) in [6.07, 6.45) is 2.96. The third kappa shape index (κ3) is 5.42. The molecule has 0 aliphatic carbocycles. The van der Waals surface area contributed by atoms with Gasteiger partial charge in [-0.2, -0.15) is 19.7 Å². The number of fused-ring (bicyclic) bond motifs is 3. The molecule has 4 saturated heterocycles. The largest absolute Gasteiger partial charge is 0.461 e. The molecule has 4 aliphatic rings. The number of aryl methyl sites for hydroxylation is 2. The van der Waals surface area contributed by atoms with E-state index < -0.39 is 28.9 Å². The van der Waals surface area contributed by atoms with E-state index in [1.807, 2.05) is 4.90 Å². The molecule has 12 nitrogen and oxygen atoms in total. The van der Waals surface area contributed by atoms with Gasteiger partial charge < -0.3 is 25.0 Å². The number of amides is 1. The van der Waals surface area contributed by atoms with E-state index >= 15 is 4.39 Å². The van der Waals surface area contributed by atoms with E-state index in [9.17, 15) is 13.6 Å². The number of hydrogen-bond donors (Lipinski definition) is 1. The Morgan fingerprint density at radius 3 is 2.85 bits per heavy atom. The molecule has 2 aromatic carbocycles. The van der Waals surface area contributed by atoms with Gasteiger partial charge in [0.1, 0.15) is 42.1 Å². The second-order valence-electron chi connectivity index (χ2n) is 14.6. The predicted octanol–water partition coefficient (Wildman–Crippen LogP) is 6.14. The van der Waals surface area contributed by atoms with Crippen LogP contribution in [0.3, 0.4) is 0 Å². The van der Waals surface area contributed by atoms with Crippen LogP contribution in [0.25, 0.3) is 32.1 Å². The number of nitrogen functional groups attached to an aromatic ring is 1. The van der Waals surface area contributed by atoms with Crippen LogP contribution >= 0.6 is 22.9 Å². The average Bonchev–Trinajstić information content (AvgIpc) is 3.96. The van der Waals surface area contributed by atoms with E-state index in [1.54, 1.807) is 24.8 Å². The zero-order valence-electron chi connectivity index (χ0n) is 29.2. The normalized spacial score (nSPS) is 24.7. The molecule has 9 rings (SSSR count). The standard InChI is InChI=1S/C36H37ClF3N9O3S/c1-19-26-22(4-5-25(39)30(26)53-31(19)41)27-24(37)12-23-29(28(27)40)44-33(52-17-35-6-3-8-47(35)14-21(38)13-35)45-32(23)46-9-7-36(15-46)16-51-11-10-48(36)34(50)49-20(2)42-18-43-49/h4-5,12,18,21H,3,6-11,13-17,41H2,1-2H3/t21-,35+,36?/m1/s1. The van der Waals surface area contributed by atoms with Crippen LogP contribution in [0.2, 0.25) is 5.02 Å². The molecule has 53 heavy (non-hydrogen) atoms. The first-order valence-corrected chi connectivity index (χ1v) is 18.9. The number of nitrogens with two attached hydrogens (primary N) is 1. The van der Waals surface area contributed by atoms with Crippen molar-refractivity contribution in [2.75, 3.05) is 63.2 Å². The molecule has 4 fully saturated rings. The van der Waals surface area contributed by atoms with Crippen LogP contribution in [-0.4, -0.2) is 110 Å². The van der Waals surface area contributed by atoms with Crippen LogP contribution in [0, 0.1) is 25.5 Å². The van der Waals surface area contributed by atoms with Crippen LogP contribution in [0.1, 0.15) is 37.1 Å². The fraction of sp³-hybridized carbons (Fsp3) is 0.472. The maximum Gasteiger partial charge on any atom is 0.347 e. The summed E-state index contributed by atoms with van der Waals surface area (Å²) in [4.78, 5) is 33.3. The minimum Gasteiger partial charge on any atom is -0.461 e. The Balaban J connectivity index is 1.16. The Hall–Kier alpha value is -4.25. The number of ether oxygens (including phenoxy) is 2. The van der Waals surface area contributed by atoms with E-state index in [2.05, 4.69) is 20.0 Å². The quantitative estimate of drug-likeness (QED) is 0.223. The number of carbonyl (C=O) groups excluding carboxylic acids is 1. The van der Waals surface area contributed by atoms with Gasteiger partial charge in [0, 0.05) is 48.9 Å². The number of rotatable bonds is 5. The van der Waals surface area contributed by atoms with Crippen LogP contribution in [0.15, 0.2) is 24.5 Å². The monoisotopic (exact) mass is 767 g/mol. The first kappa shape index (κ1) is 34.5. The first-order chi connectivity index (χ1) is 25.5. The maximum absolute atomic E-state index is 17.2. The van der Waals surface area contributed by atoms with Crippen molar-refractivity contribution in [2.24, 2.45) is 0 Å². The maximum atomic E-state index is 17.2. The summed E-state index contributed by atoms with van der Waals surface area (Å²) in [5, 5.41) is 5.48. The van der Waals surface area contributed by atoms with Crippen LogP contribution < -0.4 is 15.4 Å². The highest BCUT2D eigenvalue weighted by molar-refractivity contribution is 7.23. The van der Waals surface area contributed by atoms with E-state index in [1.165, 1.54) is 23.1 Å². The minimum absolute atomic E-state index is 0.0367. The molecule has 3 aromatic heterocycles. The van der Waals surface area contributed by atoms with E-state index in [0.29, 0.717) is 88.9 Å². The van der Waals surface area contributed by atoms with Crippen molar-refractivity contribution in [3.8, 4) is 17.1 Å². The lowest BCUT2D eigenvalue weighted by molar-refractivity contribution is -0.0355. The van der Waals surface area contributed by atoms with E-state index in [0.717, 1.165) is 30.7 Å². The Morgan fingerprint density at radius 1 is 1.19 bits per heavy atom. The Bertz CT molecular complexity index is 2310. The number of benzene rings is 2. The number of alkyl halides is 1. The van der Waals surface area contributed by atoms with Gasteiger partial charge in [-0.15, -0.1) is 11.3 Å². The molecule has 3 atom stereocenters. The molecule has 0 saturated carbocycles. The lowest BCUT2D eigenvalue weighted by Gasteiger charge is -2.44. The predicted molar refractivity (Wildman–Crippen MR) is 196 cm³/mol. The number of halogens is 4. The molecule has 1 unspecified atom stereocenters. The van der Waals surface area contributed by atoms with Gasteiger partial charge in [0.2, 0.25) is 0 Å². The molecule has 1 spiro atoms.